The Hall–Kier alpha value is -3.49. The molecule has 5 heteroatoms. The van der Waals surface area contributed by atoms with Gasteiger partial charge in [-0.05, 0) is 39.8 Å². The molecule has 0 amide bonds. The lowest BCUT2D eigenvalue weighted by molar-refractivity contribution is -0.147. The zero-order valence-electron chi connectivity index (χ0n) is 16.4. The van der Waals surface area contributed by atoms with Crippen LogP contribution in [0.2, 0.25) is 0 Å². The van der Waals surface area contributed by atoms with Gasteiger partial charge in [0, 0.05) is 12.3 Å². The van der Waals surface area contributed by atoms with E-state index in [2.05, 4.69) is 6.07 Å². The van der Waals surface area contributed by atoms with E-state index in [9.17, 15) is 14.9 Å². The monoisotopic (exact) mass is 413 g/mol. The minimum atomic E-state index is -1.60. The number of fused-ring (bicyclic) bond motifs is 1. The second kappa shape index (κ2) is 8.10. The predicted octanol–water partition coefficient (Wildman–Crippen LogP) is 5.34. The maximum Gasteiger partial charge on any atom is 0.331 e. The second-order valence-electron chi connectivity index (χ2n) is 7.12. The van der Waals surface area contributed by atoms with Crippen molar-refractivity contribution in [2.24, 2.45) is 5.41 Å². The first kappa shape index (κ1) is 19.8. The third-order valence-electron chi connectivity index (χ3n) is 5.55. The number of thiophene rings is 1. The largest absolute Gasteiger partial charge is 0.468 e. The van der Waals surface area contributed by atoms with E-state index in [1.54, 1.807) is 6.07 Å². The summed E-state index contributed by atoms with van der Waals surface area (Å²) in [6.45, 7) is 0. The van der Waals surface area contributed by atoms with Gasteiger partial charge in [0.25, 0.3) is 0 Å². The predicted molar refractivity (Wildman–Crippen MR) is 117 cm³/mol. The fourth-order valence-electron chi connectivity index (χ4n) is 4.17. The molecule has 148 valence electrons. The van der Waals surface area contributed by atoms with Gasteiger partial charge in [-0.25, -0.2) is 4.79 Å². The molecule has 0 bridgehead atoms. The van der Waals surface area contributed by atoms with Crippen LogP contribution in [0.4, 0.5) is 0 Å². The molecule has 1 aliphatic rings. The maximum atomic E-state index is 13.1. The van der Waals surface area contributed by atoms with Gasteiger partial charge in [-0.15, -0.1) is 11.3 Å². The summed E-state index contributed by atoms with van der Waals surface area (Å²) >= 11 is 1.36. The van der Waals surface area contributed by atoms with Crippen molar-refractivity contribution >= 4 is 34.7 Å². The zero-order chi connectivity index (χ0) is 21.1. The van der Waals surface area contributed by atoms with Gasteiger partial charge in [0.1, 0.15) is 0 Å². The van der Waals surface area contributed by atoms with Crippen molar-refractivity contribution in [1.29, 1.82) is 5.26 Å². The van der Waals surface area contributed by atoms with E-state index in [1.807, 2.05) is 72.1 Å². The highest BCUT2D eigenvalue weighted by Crippen LogP contribution is 2.57. The van der Waals surface area contributed by atoms with Crippen LogP contribution in [-0.4, -0.2) is 18.9 Å². The molecular formula is C25H19NO3S. The van der Waals surface area contributed by atoms with Crippen molar-refractivity contribution in [3.8, 4) is 6.07 Å². The van der Waals surface area contributed by atoms with Crippen molar-refractivity contribution in [2.75, 3.05) is 7.11 Å². The van der Waals surface area contributed by atoms with Crippen LogP contribution < -0.4 is 0 Å². The minimum absolute atomic E-state index is 0.0479. The van der Waals surface area contributed by atoms with Gasteiger partial charge in [0.2, 0.25) is 0 Å². The van der Waals surface area contributed by atoms with Crippen LogP contribution in [0.1, 0.15) is 38.7 Å². The second-order valence-corrected chi connectivity index (χ2v) is 8.07. The topological polar surface area (TPSA) is 67.2 Å². The first-order valence-electron chi connectivity index (χ1n) is 9.54. The molecule has 1 aromatic heterocycles. The molecule has 4 nitrogen and oxygen atoms in total. The van der Waals surface area contributed by atoms with Gasteiger partial charge in [-0.1, -0.05) is 60.7 Å². The van der Waals surface area contributed by atoms with E-state index in [1.165, 1.54) is 18.4 Å². The Balaban J connectivity index is 1.92. The Kier molecular flexibility index (Phi) is 5.35. The van der Waals surface area contributed by atoms with Crippen LogP contribution in [-0.2, 0) is 9.53 Å². The summed E-state index contributed by atoms with van der Waals surface area (Å²) in [6, 6.07) is 22.9. The summed E-state index contributed by atoms with van der Waals surface area (Å²) in [5, 5.41) is 12.2. The van der Waals surface area contributed by atoms with Gasteiger partial charge in [-0.3, -0.25) is 4.79 Å². The third kappa shape index (κ3) is 3.16. The number of ether oxygens (including phenoxy) is 1. The number of carbonyl (C=O) groups is 2. The number of hydrogen-bond acceptors (Lipinski definition) is 5. The van der Waals surface area contributed by atoms with Crippen molar-refractivity contribution in [2.45, 2.75) is 12.3 Å². The standard InChI is InChI=1S/C25H19NO3S/c1-29-24(28)25(16-26)20(14-17-8-3-2-4-9-17)18-10-5-6-11-19(18)21(25)15-22(27)23-12-7-13-30-23/h2-14,21H,15H2,1H3/b20-14+. The van der Waals surface area contributed by atoms with E-state index >= 15 is 0 Å². The number of ketones is 1. The molecule has 0 spiro atoms. The fourth-order valence-corrected chi connectivity index (χ4v) is 4.85. The lowest BCUT2D eigenvalue weighted by Gasteiger charge is -2.27. The number of methoxy groups -OCH3 is 1. The molecule has 0 radical (unpaired) electrons. The fraction of sp³-hybridized carbons (Fsp3) is 0.160. The summed E-state index contributed by atoms with van der Waals surface area (Å²) in [7, 11) is 1.28. The summed E-state index contributed by atoms with van der Waals surface area (Å²) in [6.07, 6.45) is 1.90. The van der Waals surface area contributed by atoms with E-state index in [0.717, 1.165) is 16.7 Å². The SMILES string of the molecule is COC(=O)C1(C#N)/C(=C/c2ccccc2)c2ccccc2C1CC(=O)c1cccs1. The van der Waals surface area contributed by atoms with E-state index in [4.69, 9.17) is 4.74 Å². The number of Topliss-reactive ketones (excluding diaryl/α,β-unsaturated/α-hetero) is 1. The lowest BCUT2D eigenvalue weighted by Crippen LogP contribution is -2.35. The van der Waals surface area contributed by atoms with Crippen LogP contribution in [0.25, 0.3) is 11.6 Å². The molecule has 1 heterocycles. The van der Waals surface area contributed by atoms with Crippen LogP contribution >= 0.6 is 11.3 Å². The van der Waals surface area contributed by atoms with Crippen molar-refractivity contribution in [3.05, 3.63) is 93.7 Å². The molecule has 0 aliphatic heterocycles. The Bertz CT molecular complexity index is 1160. The number of nitrogens with zero attached hydrogens (tertiary/aromatic N) is 1. The number of esters is 1. The molecular weight excluding hydrogens is 394 g/mol. The smallest absolute Gasteiger partial charge is 0.331 e. The van der Waals surface area contributed by atoms with Crippen molar-refractivity contribution in [1.82, 2.24) is 0 Å². The van der Waals surface area contributed by atoms with Gasteiger partial charge in [-0.2, -0.15) is 5.26 Å². The Morgan fingerprint density at radius 3 is 2.50 bits per heavy atom. The van der Waals surface area contributed by atoms with Crippen LogP contribution in [0, 0.1) is 16.7 Å². The molecule has 4 rings (SSSR count). The van der Waals surface area contributed by atoms with E-state index in [0.29, 0.717) is 10.5 Å². The Labute approximate surface area is 179 Å². The Morgan fingerprint density at radius 1 is 1.10 bits per heavy atom. The number of nitriles is 1. The molecule has 0 saturated carbocycles. The average molecular weight is 413 g/mol. The van der Waals surface area contributed by atoms with Crippen LogP contribution in [0.3, 0.4) is 0 Å². The quantitative estimate of drug-likeness (QED) is 0.418. The molecule has 30 heavy (non-hydrogen) atoms. The average Bonchev–Trinajstić information content (AvgIpc) is 3.41. The Morgan fingerprint density at radius 2 is 1.83 bits per heavy atom. The summed E-state index contributed by atoms with van der Waals surface area (Å²) < 4.78 is 5.12. The molecule has 0 saturated heterocycles. The van der Waals surface area contributed by atoms with Crippen molar-refractivity contribution < 1.29 is 14.3 Å². The van der Waals surface area contributed by atoms with Gasteiger partial charge < -0.3 is 4.74 Å². The van der Waals surface area contributed by atoms with Crippen LogP contribution in [0.15, 0.2) is 72.1 Å². The summed E-state index contributed by atoms with van der Waals surface area (Å²) in [4.78, 5) is 26.7. The molecule has 2 unspecified atom stereocenters. The van der Waals surface area contributed by atoms with E-state index in [-0.39, 0.29) is 12.2 Å². The molecule has 2 atom stereocenters. The first-order chi connectivity index (χ1) is 14.6. The van der Waals surface area contributed by atoms with Gasteiger partial charge in [0.15, 0.2) is 11.2 Å². The van der Waals surface area contributed by atoms with Gasteiger partial charge >= 0.3 is 5.97 Å². The molecule has 0 fully saturated rings. The van der Waals surface area contributed by atoms with E-state index < -0.39 is 17.3 Å². The molecule has 2 aromatic carbocycles. The number of benzene rings is 2. The minimum Gasteiger partial charge on any atom is -0.468 e. The van der Waals surface area contributed by atoms with Gasteiger partial charge in [0.05, 0.1) is 18.1 Å². The molecule has 3 aromatic rings. The molecule has 1 aliphatic carbocycles. The zero-order valence-corrected chi connectivity index (χ0v) is 17.2. The van der Waals surface area contributed by atoms with Crippen molar-refractivity contribution in [3.63, 3.8) is 0 Å². The normalized spacial score (nSPS) is 21.1. The highest BCUT2D eigenvalue weighted by Gasteiger charge is 2.57. The summed E-state index contributed by atoms with van der Waals surface area (Å²) in [5.41, 5.74) is 1.47. The summed E-state index contributed by atoms with van der Waals surface area (Å²) in [5.74, 6) is -1.36. The number of hydrogen-bond donors (Lipinski definition) is 0. The first-order valence-corrected chi connectivity index (χ1v) is 10.4. The lowest BCUT2D eigenvalue weighted by atomic mass is 9.72. The number of rotatable bonds is 5. The van der Waals surface area contributed by atoms with Crippen LogP contribution in [0.5, 0.6) is 0 Å². The molecule has 0 N–H and O–H groups in total. The maximum absolute atomic E-state index is 13.1. The highest BCUT2D eigenvalue weighted by molar-refractivity contribution is 7.12. The third-order valence-corrected chi connectivity index (χ3v) is 6.46. The number of carbonyl (C=O) groups excluding carboxylic acids is 2. The highest BCUT2D eigenvalue weighted by atomic mass is 32.1.